The fourth-order valence-corrected chi connectivity index (χ4v) is 0.830. The monoisotopic (exact) mass is 188 g/mol. The van der Waals surface area contributed by atoms with Gasteiger partial charge in [0.05, 0.1) is 6.61 Å². The lowest BCUT2D eigenvalue weighted by atomic mass is 10.2. The quantitative estimate of drug-likeness (QED) is 0.639. The molecular formula is C8H16N2O3. The van der Waals surface area contributed by atoms with E-state index < -0.39 is 12.1 Å². The van der Waals surface area contributed by atoms with E-state index in [1.165, 1.54) is 0 Å². The number of rotatable bonds is 5. The van der Waals surface area contributed by atoms with E-state index >= 15 is 0 Å². The largest absolute Gasteiger partial charge is 0.449 e. The second-order valence-corrected chi connectivity index (χ2v) is 2.69. The molecule has 0 aromatic rings. The van der Waals surface area contributed by atoms with E-state index in [9.17, 15) is 9.59 Å². The fourth-order valence-electron chi connectivity index (χ4n) is 0.830. The van der Waals surface area contributed by atoms with Gasteiger partial charge in [0.1, 0.15) is 0 Å². The third-order valence-electron chi connectivity index (χ3n) is 1.46. The summed E-state index contributed by atoms with van der Waals surface area (Å²) in [4.78, 5) is 20.8. The molecule has 0 saturated heterocycles. The Morgan fingerprint density at radius 3 is 2.54 bits per heavy atom. The molecule has 0 spiro atoms. The van der Waals surface area contributed by atoms with Crippen molar-refractivity contribution in [1.29, 1.82) is 0 Å². The first-order chi connectivity index (χ1) is 6.16. The lowest BCUT2D eigenvalue weighted by molar-refractivity contribution is 0.145. The highest BCUT2D eigenvalue weighted by Gasteiger charge is 2.03. The summed E-state index contributed by atoms with van der Waals surface area (Å²) in [5, 5.41) is 1.81. The van der Waals surface area contributed by atoms with Crippen LogP contribution in [0.5, 0.6) is 0 Å². The summed E-state index contributed by atoms with van der Waals surface area (Å²) in [7, 11) is 0. The SMILES string of the molecule is CCCCCCOC(=O)NC(N)=O. The maximum absolute atomic E-state index is 10.7. The van der Waals surface area contributed by atoms with Crippen LogP contribution in [0.3, 0.4) is 0 Å². The van der Waals surface area contributed by atoms with Crippen LogP contribution in [0.4, 0.5) is 9.59 Å². The first-order valence-corrected chi connectivity index (χ1v) is 4.40. The number of hydrogen-bond donors (Lipinski definition) is 2. The molecule has 0 saturated carbocycles. The molecule has 0 rings (SSSR count). The van der Waals surface area contributed by atoms with Crippen molar-refractivity contribution >= 4 is 12.1 Å². The van der Waals surface area contributed by atoms with E-state index in [4.69, 9.17) is 5.73 Å². The molecule has 5 heteroatoms. The summed E-state index contributed by atoms with van der Waals surface area (Å²) >= 11 is 0. The molecule has 3 amide bonds. The Balaban J connectivity index is 3.22. The average molecular weight is 188 g/mol. The van der Waals surface area contributed by atoms with Crippen molar-refractivity contribution < 1.29 is 14.3 Å². The molecule has 0 fully saturated rings. The van der Waals surface area contributed by atoms with Gasteiger partial charge in [-0.25, -0.2) is 14.9 Å². The highest BCUT2D eigenvalue weighted by Crippen LogP contribution is 1.98. The zero-order valence-corrected chi connectivity index (χ0v) is 7.84. The van der Waals surface area contributed by atoms with Gasteiger partial charge in [-0.15, -0.1) is 0 Å². The third kappa shape index (κ3) is 8.65. The lowest BCUT2D eigenvalue weighted by Gasteiger charge is -2.03. The van der Waals surface area contributed by atoms with Crippen LogP contribution in [-0.4, -0.2) is 18.7 Å². The summed E-state index contributed by atoms with van der Waals surface area (Å²) < 4.78 is 4.65. The van der Waals surface area contributed by atoms with Crippen molar-refractivity contribution in [3.63, 3.8) is 0 Å². The number of hydrogen-bond acceptors (Lipinski definition) is 3. The molecule has 0 aromatic carbocycles. The Labute approximate surface area is 77.6 Å². The second-order valence-electron chi connectivity index (χ2n) is 2.69. The number of carbonyl (C=O) groups excluding carboxylic acids is 2. The van der Waals surface area contributed by atoms with Crippen molar-refractivity contribution in [1.82, 2.24) is 5.32 Å². The van der Waals surface area contributed by atoms with Crippen LogP contribution in [0.2, 0.25) is 0 Å². The van der Waals surface area contributed by atoms with E-state index in [0.29, 0.717) is 6.61 Å². The zero-order valence-electron chi connectivity index (χ0n) is 7.84. The minimum Gasteiger partial charge on any atom is -0.449 e. The van der Waals surface area contributed by atoms with Crippen molar-refractivity contribution in [3.05, 3.63) is 0 Å². The number of imide groups is 1. The number of carbonyl (C=O) groups is 2. The molecule has 13 heavy (non-hydrogen) atoms. The van der Waals surface area contributed by atoms with Gasteiger partial charge in [-0.2, -0.15) is 0 Å². The number of amides is 3. The van der Waals surface area contributed by atoms with E-state index in [-0.39, 0.29) is 0 Å². The van der Waals surface area contributed by atoms with Gasteiger partial charge in [0, 0.05) is 0 Å². The number of nitrogens with one attached hydrogen (secondary N) is 1. The normalized spacial score (nSPS) is 9.31. The van der Waals surface area contributed by atoms with Crippen LogP contribution < -0.4 is 11.1 Å². The maximum atomic E-state index is 10.7. The smallest absolute Gasteiger partial charge is 0.415 e. The van der Waals surface area contributed by atoms with Crippen molar-refractivity contribution in [2.75, 3.05) is 6.61 Å². The molecule has 76 valence electrons. The van der Waals surface area contributed by atoms with Crippen LogP contribution in [-0.2, 0) is 4.74 Å². The van der Waals surface area contributed by atoms with Gasteiger partial charge in [-0.05, 0) is 6.42 Å². The van der Waals surface area contributed by atoms with Gasteiger partial charge in [-0.3, -0.25) is 0 Å². The Morgan fingerprint density at radius 2 is 2.00 bits per heavy atom. The average Bonchev–Trinajstić information content (AvgIpc) is 2.02. The van der Waals surface area contributed by atoms with Gasteiger partial charge in [0.25, 0.3) is 0 Å². The van der Waals surface area contributed by atoms with Crippen molar-refractivity contribution in [2.24, 2.45) is 5.73 Å². The van der Waals surface area contributed by atoms with Gasteiger partial charge >= 0.3 is 12.1 Å². The first-order valence-electron chi connectivity index (χ1n) is 4.40. The molecule has 5 nitrogen and oxygen atoms in total. The maximum Gasteiger partial charge on any atom is 0.415 e. The highest BCUT2D eigenvalue weighted by molar-refractivity contribution is 5.89. The van der Waals surface area contributed by atoms with Gasteiger partial charge in [0.15, 0.2) is 0 Å². The predicted molar refractivity (Wildman–Crippen MR) is 48.2 cm³/mol. The first kappa shape index (κ1) is 11.7. The van der Waals surface area contributed by atoms with Crippen LogP contribution in [0, 0.1) is 0 Å². The standard InChI is InChI=1S/C8H16N2O3/c1-2-3-4-5-6-13-8(12)10-7(9)11/h2-6H2,1H3,(H3,9,10,11,12). The van der Waals surface area contributed by atoms with Crippen molar-refractivity contribution in [3.8, 4) is 0 Å². The molecule has 3 N–H and O–H groups in total. The third-order valence-corrected chi connectivity index (χ3v) is 1.46. The number of urea groups is 1. The number of primary amides is 1. The molecule has 0 aromatic heterocycles. The van der Waals surface area contributed by atoms with Crippen molar-refractivity contribution in [2.45, 2.75) is 32.6 Å². The molecule has 0 atom stereocenters. The van der Waals surface area contributed by atoms with Gasteiger partial charge < -0.3 is 10.5 Å². The van der Waals surface area contributed by atoms with E-state index in [2.05, 4.69) is 11.7 Å². The molecular weight excluding hydrogens is 172 g/mol. The number of alkyl carbamates (subject to hydrolysis) is 1. The highest BCUT2D eigenvalue weighted by atomic mass is 16.5. The van der Waals surface area contributed by atoms with Crippen LogP contribution >= 0.6 is 0 Å². The Hall–Kier alpha value is -1.26. The molecule has 0 aliphatic heterocycles. The number of ether oxygens (including phenoxy) is 1. The topological polar surface area (TPSA) is 81.4 Å². The fraction of sp³-hybridized carbons (Fsp3) is 0.750. The minimum atomic E-state index is -0.890. The lowest BCUT2D eigenvalue weighted by Crippen LogP contribution is -2.35. The summed E-state index contributed by atoms with van der Waals surface area (Å²) in [6, 6.07) is -0.890. The summed E-state index contributed by atoms with van der Waals surface area (Å²) in [5.41, 5.74) is 4.69. The van der Waals surface area contributed by atoms with Crippen LogP contribution in [0.1, 0.15) is 32.6 Å². The zero-order chi connectivity index (χ0) is 10.1. The molecule has 0 unspecified atom stereocenters. The summed E-state index contributed by atoms with van der Waals surface area (Å²) in [6.07, 6.45) is 3.33. The van der Waals surface area contributed by atoms with E-state index in [1.807, 2.05) is 5.32 Å². The molecule has 0 bridgehead atoms. The number of nitrogens with two attached hydrogens (primary N) is 1. The Morgan fingerprint density at radius 1 is 1.31 bits per heavy atom. The van der Waals surface area contributed by atoms with Crippen LogP contribution in [0.15, 0.2) is 0 Å². The van der Waals surface area contributed by atoms with E-state index in [1.54, 1.807) is 0 Å². The Bertz CT molecular complexity index is 171. The predicted octanol–water partition coefficient (Wildman–Crippen LogP) is 1.37. The van der Waals surface area contributed by atoms with Gasteiger partial charge in [0.2, 0.25) is 0 Å². The summed E-state index contributed by atoms with van der Waals surface area (Å²) in [6.45, 7) is 2.43. The molecule has 0 radical (unpaired) electrons. The van der Waals surface area contributed by atoms with Crippen LogP contribution in [0.25, 0.3) is 0 Å². The molecule has 0 aliphatic carbocycles. The second kappa shape index (κ2) is 7.39. The Kier molecular flexibility index (Phi) is 6.68. The molecule has 0 heterocycles. The minimum absolute atomic E-state index is 0.332. The van der Waals surface area contributed by atoms with Gasteiger partial charge in [-0.1, -0.05) is 26.2 Å². The number of unbranched alkanes of at least 4 members (excludes halogenated alkanes) is 3. The molecule has 0 aliphatic rings. The summed E-state index contributed by atoms with van der Waals surface area (Å²) in [5.74, 6) is 0. The van der Waals surface area contributed by atoms with E-state index in [0.717, 1.165) is 25.7 Å².